The first kappa shape index (κ1) is 11.5. The minimum absolute atomic E-state index is 0.248. The molecule has 1 aromatic rings. The van der Waals surface area contributed by atoms with Crippen molar-refractivity contribution >= 4 is 6.29 Å². The van der Waals surface area contributed by atoms with Crippen LogP contribution in [0.25, 0.3) is 0 Å². The summed E-state index contributed by atoms with van der Waals surface area (Å²) in [5, 5.41) is 9.51. The summed E-state index contributed by atoms with van der Waals surface area (Å²) in [4.78, 5) is 10.4. The van der Waals surface area contributed by atoms with Crippen molar-refractivity contribution in [3.8, 4) is 5.75 Å². The largest absolute Gasteiger partial charge is 0.508 e. The Morgan fingerprint density at radius 2 is 2.27 bits per heavy atom. The Hall–Kier alpha value is -1.61. The summed E-state index contributed by atoms with van der Waals surface area (Å²) in [6.45, 7) is 3.61. The maximum atomic E-state index is 10.4. The Labute approximate surface area is 89.2 Å². The maximum absolute atomic E-state index is 10.4. The molecule has 0 aromatic heterocycles. The topological polar surface area (TPSA) is 63.3 Å². The van der Waals surface area contributed by atoms with Crippen LogP contribution >= 0.6 is 0 Å². The molecule has 0 amide bonds. The summed E-state index contributed by atoms with van der Waals surface area (Å²) in [5.41, 5.74) is 7.27. The highest BCUT2D eigenvalue weighted by molar-refractivity contribution is 5.58. The molecule has 0 fully saturated rings. The van der Waals surface area contributed by atoms with Crippen LogP contribution in [0.15, 0.2) is 30.9 Å². The average Bonchev–Trinajstić information content (AvgIpc) is 2.23. The van der Waals surface area contributed by atoms with Crippen LogP contribution in [-0.2, 0) is 17.6 Å². The Balaban J connectivity index is 2.86. The number of benzene rings is 1. The maximum Gasteiger partial charge on any atom is 0.137 e. The van der Waals surface area contributed by atoms with E-state index in [9.17, 15) is 9.90 Å². The SMILES string of the molecule is C=CCc1cc(C[C@H](N)C=O)ccc1O. The summed E-state index contributed by atoms with van der Waals surface area (Å²) in [5.74, 6) is 0.248. The van der Waals surface area contributed by atoms with Gasteiger partial charge in [0.05, 0.1) is 6.04 Å². The molecule has 0 saturated carbocycles. The molecule has 0 saturated heterocycles. The summed E-state index contributed by atoms with van der Waals surface area (Å²) >= 11 is 0. The van der Waals surface area contributed by atoms with Crippen molar-refractivity contribution in [2.24, 2.45) is 5.73 Å². The molecule has 3 N–H and O–H groups in total. The van der Waals surface area contributed by atoms with Gasteiger partial charge in [-0.3, -0.25) is 0 Å². The predicted molar refractivity (Wildman–Crippen MR) is 59.8 cm³/mol. The Morgan fingerprint density at radius 1 is 1.53 bits per heavy atom. The zero-order valence-corrected chi connectivity index (χ0v) is 8.52. The molecule has 0 aliphatic heterocycles. The van der Waals surface area contributed by atoms with E-state index in [0.29, 0.717) is 12.8 Å². The quantitative estimate of drug-likeness (QED) is 0.560. The summed E-state index contributed by atoms with van der Waals surface area (Å²) in [6.07, 6.45) is 3.54. The van der Waals surface area contributed by atoms with Crippen LogP contribution in [0.1, 0.15) is 11.1 Å². The van der Waals surface area contributed by atoms with E-state index in [4.69, 9.17) is 5.73 Å². The molecule has 0 unspecified atom stereocenters. The third-order valence-corrected chi connectivity index (χ3v) is 2.15. The standard InChI is InChI=1S/C12H15NO2/c1-2-3-10-6-9(4-5-12(10)15)7-11(13)8-14/h2,4-6,8,11,15H,1,3,7,13H2/t11-/m0/s1. The third kappa shape index (κ3) is 3.22. The number of nitrogens with two attached hydrogens (primary N) is 1. The summed E-state index contributed by atoms with van der Waals surface area (Å²) in [7, 11) is 0. The van der Waals surface area contributed by atoms with Gasteiger partial charge in [0.2, 0.25) is 0 Å². The minimum atomic E-state index is -0.480. The van der Waals surface area contributed by atoms with E-state index in [1.54, 1.807) is 18.2 Å². The molecule has 3 nitrogen and oxygen atoms in total. The molecule has 0 radical (unpaired) electrons. The number of phenolic OH excluding ortho intramolecular Hbond substituents is 1. The molecule has 15 heavy (non-hydrogen) atoms. The molecule has 80 valence electrons. The average molecular weight is 205 g/mol. The highest BCUT2D eigenvalue weighted by Gasteiger charge is 2.05. The monoisotopic (exact) mass is 205 g/mol. The number of aldehydes is 1. The lowest BCUT2D eigenvalue weighted by molar-refractivity contribution is -0.108. The van der Waals surface area contributed by atoms with Crippen molar-refractivity contribution in [1.82, 2.24) is 0 Å². The molecule has 1 aromatic carbocycles. The second kappa shape index (κ2) is 5.32. The molecule has 0 aliphatic carbocycles. The highest BCUT2D eigenvalue weighted by Crippen LogP contribution is 2.19. The third-order valence-electron chi connectivity index (χ3n) is 2.15. The van der Waals surface area contributed by atoms with E-state index in [-0.39, 0.29) is 5.75 Å². The fraction of sp³-hybridized carbons (Fsp3) is 0.250. The van der Waals surface area contributed by atoms with Gasteiger partial charge in [-0.15, -0.1) is 6.58 Å². The first-order chi connectivity index (χ1) is 7.17. The first-order valence-corrected chi connectivity index (χ1v) is 4.80. The van der Waals surface area contributed by atoms with Crippen molar-refractivity contribution in [3.05, 3.63) is 42.0 Å². The number of carbonyl (C=O) groups excluding carboxylic acids is 1. The molecule has 1 rings (SSSR count). The van der Waals surface area contributed by atoms with Crippen LogP contribution in [-0.4, -0.2) is 17.4 Å². The van der Waals surface area contributed by atoms with Crippen LogP contribution in [0, 0.1) is 0 Å². The zero-order valence-electron chi connectivity index (χ0n) is 8.52. The summed E-state index contributed by atoms with van der Waals surface area (Å²) in [6, 6.07) is 4.75. The van der Waals surface area contributed by atoms with Gasteiger partial charge in [-0.2, -0.15) is 0 Å². The van der Waals surface area contributed by atoms with Crippen LogP contribution in [0.4, 0.5) is 0 Å². The van der Waals surface area contributed by atoms with Crippen molar-refractivity contribution in [1.29, 1.82) is 0 Å². The Morgan fingerprint density at radius 3 is 2.87 bits per heavy atom. The van der Waals surface area contributed by atoms with Gasteiger partial charge >= 0.3 is 0 Å². The van der Waals surface area contributed by atoms with Gasteiger partial charge in [-0.1, -0.05) is 18.2 Å². The van der Waals surface area contributed by atoms with Crippen molar-refractivity contribution in [2.75, 3.05) is 0 Å². The van der Waals surface area contributed by atoms with Gasteiger partial charge in [-0.25, -0.2) is 0 Å². The molecule has 0 spiro atoms. The minimum Gasteiger partial charge on any atom is -0.508 e. The van der Waals surface area contributed by atoms with Crippen LogP contribution in [0.5, 0.6) is 5.75 Å². The van der Waals surface area contributed by atoms with Crippen molar-refractivity contribution in [3.63, 3.8) is 0 Å². The Kier molecular flexibility index (Phi) is 4.06. The second-order valence-electron chi connectivity index (χ2n) is 3.46. The Bertz CT molecular complexity index is 361. The highest BCUT2D eigenvalue weighted by atomic mass is 16.3. The van der Waals surface area contributed by atoms with Crippen LogP contribution in [0.2, 0.25) is 0 Å². The van der Waals surface area contributed by atoms with E-state index >= 15 is 0 Å². The second-order valence-corrected chi connectivity index (χ2v) is 3.46. The molecular weight excluding hydrogens is 190 g/mol. The van der Waals surface area contributed by atoms with Crippen molar-refractivity contribution < 1.29 is 9.90 Å². The van der Waals surface area contributed by atoms with Gasteiger partial charge in [0.15, 0.2) is 0 Å². The molecule has 0 aliphatic rings. The normalized spacial score (nSPS) is 12.1. The van der Waals surface area contributed by atoms with Gasteiger partial charge in [-0.05, 0) is 30.0 Å². The number of rotatable bonds is 5. The predicted octanol–water partition coefficient (Wildman–Crippen LogP) is 1.19. The van der Waals surface area contributed by atoms with Crippen molar-refractivity contribution in [2.45, 2.75) is 18.9 Å². The van der Waals surface area contributed by atoms with E-state index in [1.165, 1.54) is 0 Å². The van der Waals surface area contributed by atoms with Crippen LogP contribution in [0.3, 0.4) is 0 Å². The van der Waals surface area contributed by atoms with Gasteiger partial charge in [0.1, 0.15) is 12.0 Å². The van der Waals surface area contributed by atoms with Gasteiger partial charge < -0.3 is 15.6 Å². The number of carbonyl (C=O) groups is 1. The fourth-order valence-corrected chi connectivity index (χ4v) is 1.41. The molecule has 0 bridgehead atoms. The molecule has 0 heterocycles. The molecule has 1 atom stereocenters. The van der Waals surface area contributed by atoms with E-state index in [0.717, 1.165) is 17.4 Å². The first-order valence-electron chi connectivity index (χ1n) is 4.80. The summed E-state index contributed by atoms with van der Waals surface area (Å²) < 4.78 is 0. The van der Waals surface area contributed by atoms with Gasteiger partial charge in [0, 0.05) is 0 Å². The zero-order chi connectivity index (χ0) is 11.3. The molecular formula is C12H15NO2. The number of hydrogen-bond acceptors (Lipinski definition) is 3. The van der Waals surface area contributed by atoms with Crippen LogP contribution < -0.4 is 5.73 Å². The van der Waals surface area contributed by atoms with Gasteiger partial charge in [0.25, 0.3) is 0 Å². The van der Waals surface area contributed by atoms with E-state index in [1.807, 2.05) is 6.07 Å². The number of phenols is 1. The van der Waals surface area contributed by atoms with E-state index in [2.05, 4.69) is 6.58 Å². The number of allylic oxidation sites excluding steroid dienone is 1. The molecule has 3 heteroatoms. The smallest absolute Gasteiger partial charge is 0.137 e. The lowest BCUT2D eigenvalue weighted by Gasteiger charge is -2.07. The number of hydrogen-bond donors (Lipinski definition) is 2. The number of aromatic hydroxyl groups is 1. The lowest BCUT2D eigenvalue weighted by atomic mass is 10.0. The fourth-order valence-electron chi connectivity index (χ4n) is 1.41. The van der Waals surface area contributed by atoms with E-state index < -0.39 is 6.04 Å². The lowest BCUT2D eigenvalue weighted by Crippen LogP contribution is -2.24.